The van der Waals surface area contributed by atoms with Crippen LogP contribution in [-0.2, 0) is 0 Å². The lowest BCUT2D eigenvalue weighted by atomic mass is 10.1. The van der Waals surface area contributed by atoms with Gasteiger partial charge in [0.1, 0.15) is 11.6 Å². The second kappa shape index (κ2) is 5.18. The minimum Gasteiger partial charge on any atom is -0.340 e. The maximum absolute atomic E-state index is 13.2. The van der Waals surface area contributed by atoms with E-state index in [4.69, 9.17) is 0 Å². The normalized spacial score (nSPS) is 10.3. The van der Waals surface area contributed by atoms with E-state index >= 15 is 0 Å². The first-order valence-corrected chi connectivity index (χ1v) is 5.99. The monoisotopic (exact) mass is 258 g/mol. The SMILES string of the molecule is CC(=O)c1ccc(C)nc1Nc1ccc(F)c(C)c1. The Morgan fingerprint density at radius 2 is 1.95 bits per heavy atom. The van der Waals surface area contributed by atoms with Gasteiger partial charge >= 0.3 is 0 Å². The second-order valence-corrected chi connectivity index (χ2v) is 4.49. The number of aryl methyl sites for hydroxylation is 2. The average Bonchev–Trinajstić information content (AvgIpc) is 2.33. The first-order valence-electron chi connectivity index (χ1n) is 5.99. The van der Waals surface area contributed by atoms with Crippen molar-refractivity contribution in [1.29, 1.82) is 0 Å². The molecule has 0 aliphatic heterocycles. The van der Waals surface area contributed by atoms with E-state index in [-0.39, 0.29) is 11.6 Å². The molecule has 19 heavy (non-hydrogen) atoms. The average molecular weight is 258 g/mol. The third kappa shape index (κ3) is 2.96. The van der Waals surface area contributed by atoms with Crippen molar-refractivity contribution < 1.29 is 9.18 Å². The van der Waals surface area contributed by atoms with Crippen LogP contribution in [0.2, 0.25) is 0 Å². The number of anilines is 2. The van der Waals surface area contributed by atoms with Gasteiger partial charge in [-0.05, 0) is 56.7 Å². The van der Waals surface area contributed by atoms with Gasteiger partial charge < -0.3 is 5.32 Å². The van der Waals surface area contributed by atoms with Crippen molar-refractivity contribution >= 4 is 17.3 Å². The molecule has 0 radical (unpaired) electrons. The number of pyridine rings is 1. The number of carbonyl (C=O) groups excluding carboxylic acids is 1. The minimum absolute atomic E-state index is 0.0613. The lowest BCUT2D eigenvalue weighted by Crippen LogP contribution is -2.04. The smallest absolute Gasteiger partial charge is 0.163 e. The summed E-state index contributed by atoms with van der Waals surface area (Å²) < 4.78 is 13.2. The molecule has 1 N–H and O–H groups in total. The van der Waals surface area contributed by atoms with Gasteiger partial charge in [0.25, 0.3) is 0 Å². The summed E-state index contributed by atoms with van der Waals surface area (Å²) in [5.41, 5.74) is 2.58. The van der Waals surface area contributed by atoms with Crippen molar-refractivity contribution in [2.24, 2.45) is 0 Å². The quantitative estimate of drug-likeness (QED) is 0.852. The maximum Gasteiger partial charge on any atom is 0.163 e. The number of hydrogen-bond acceptors (Lipinski definition) is 3. The number of carbonyl (C=O) groups is 1. The predicted octanol–water partition coefficient (Wildman–Crippen LogP) is 3.78. The van der Waals surface area contributed by atoms with Gasteiger partial charge in [-0.25, -0.2) is 9.37 Å². The molecule has 0 aliphatic carbocycles. The summed E-state index contributed by atoms with van der Waals surface area (Å²) in [6, 6.07) is 8.22. The fraction of sp³-hybridized carbons (Fsp3) is 0.200. The molecule has 0 aliphatic rings. The van der Waals surface area contributed by atoms with Gasteiger partial charge in [-0.3, -0.25) is 4.79 Å². The number of Topliss-reactive ketones (excluding diaryl/α,β-unsaturated/α-hetero) is 1. The summed E-state index contributed by atoms with van der Waals surface area (Å²) in [4.78, 5) is 15.9. The minimum atomic E-state index is -0.255. The molecule has 0 bridgehead atoms. The molecule has 1 heterocycles. The van der Waals surface area contributed by atoms with Gasteiger partial charge in [0.15, 0.2) is 5.78 Å². The number of hydrogen-bond donors (Lipinski definition) is 1. The van der Waals surface area contributed by atoms with Crippen molar-refractivity contribution in [3.63, 3.8) is 0 Å². The molecule has 0 unspecified atom stereocenters. The zero-order valence-corrected chi connectivity index (χ0v) is 11.1. The van der Waals surface area contributed by atoms with Crippen molar-refractivity contribution in [2.45, 2.75) is 20.8 Å². The Balaban J connectivity index is 2.39. The van der Waals surface area contributed by atoms with Gasteiger partial charge in [0.2, 0.25) is 0 Å². The highest BCUT2D eigenvalue weighted by molar-refractivity contribution is 5.99. The van der Waals surface area contributed by atoms with Crippen LogP contribution in [0.4, 0.5) is 15.9 Å². The van der Waals surface area contributed by atoms with Crippen LogP contribution in [0.25, 0.3) is 0 Å². The van der Waals surface area contributed by atoms with Crippen molar-refractivity contribution in [3.05, 3.63) is 53.0 Å². The van der Waals surface area contributed by atoms with Crippen molar-refractivity contribution in [3.8, 4) is 0 Å². The summed E-state index contributed by atoms with van der Waals surface area (Å²) in [7, 11) is 0. The molecule has 0 amide bonds. The zero-order valence-electron chi connectivity index (χ0n) is 11.1. The molecule has 0 spiro atoms. The van der Waals surface area contributed by atoms with E-state index in [1.807, 2.05) is 6.92 Å². The molecule has 1 aromatic heterocycles. The summed E-state index contributed by atoms with van der Waals surface area (Å²) in [6.07, 6.45) is 0. The van der Waals surface area contributed by atoms with E-state index < -0.39 is 0 Å². The highest BCUT2D eigenvalue weighted by Crippen LogP contribution is 2.21. The molecule has 3 nitrogen and oxygen atoms in total. The molecular formula is C15H15FN2O. The molecule has 4 heteroatoms. The van der Waals surface area contributed by atoms with Crippen LogP contribution in [0.15, 0.2) is 30.3 Å². The molecule has 0 atom stereocenters. The summed E-state index contributed by atoms with van der Waals surface area (Å²) in [5, 5.41) is 3.06. The first kappa shape index (κ1) is 13.2. The van der Waals surface area contributed by atoms with E-state index in [0.29, 0.717) is 22.6 Å². The molecule has 1 aromatic carbocycles. The Bertz CT molecular complexity index is 638. The summed E-state index contributed by atoms with van der Waals surface area (Å²) in [5.74, 6) is 0.182. The summed E-state index contributed by atoms with van der Waals surface area (Å²) in [6.45, 7) is 5.04. The van der Waals surface area contributed by atoms with Crippen LogP contribution in [0.3, 0.4) is 0 Å². The first-order chi connectivity index (χ1) is 8.97. The predicted molar refractivity (Wildman–Crippen MR) is 73.4 cm³/mol. The molecule has 2 rings (SSSR count). The van der Waals surface area contributed by atoms with Gasteiger partial charge in [-0.1, -0.05) is 0 Å². The topological polar surface area (TPSA) is 42.0 Å². The number of aromatic nitrogens is 1. The number of nitrogens with one attached hydrogen (secondary N) is 1. The zero-order chi connectivity index (χ0) is 14.0. The van der Waals surface area contributed by atoms with Crippen LogP contribution < -0.4 is 5.32 Å². The number of rotatable bonds is 3. The van der Waals surface area contributed by atoms with E-state index in [9.17, 15) is 9.18 Å². The Morgan fingerprint density at radius 3 is 2.58 bits per heavy atom. The number of halogens is 1. The lowest BCUT2D eigenvalue weighted by molar-refractivity contribution is 0.101. The van der Waals surface area contributed by atoms with Gasteiger partial charge in [-0.15, -0.1) is 0 Å². The van der Waals surface area contributed by atoms with Gasteiger partial charge in [-0.2, -0.15) is 0 Å². The molecule has 0 fully saturated rings. The van der Waals surface area contributed by atoms with Gasteiger partial charge in [0.05, 0.1) is 5.56 Å². The third-order valence-corrected chi connectivity index (χ3v) is 2.83. The Labute approximate surface area is 111 Å². The number of nitrogens with zero attached hydrogens (tertiary/aromatic N) is 1. The van der Waals surface area contributed by atoms with Crippen molar-refractivity contribution in [1.82, 2.24) is 4.98 Å². The number of benzene rings is 1. The highest BCUT2D eigenvalue weighted by atomic mass is 19.1. The number of ketones is 1. The van der Waals surface area contributed by atoms with E-state index in [1.165, 1.54) is 13.0 Å². The van der Waals surface area contributed by atoms with Crippen LogP contribution in [0.1, 0.15) is 28.5 Å². The fourth-order valence-electron chi connectivity index (χ4n) is 1.80. The summed E-state index contributed by atoms with van der Waals surface area (Å²) >= 11 is 0. The standard InChI is InChI=1S/C15H15FN2O/c1-9-8-12(5-7-14(9)16)18-15-13(11(3)19)6-4-10(2)17-15/h4-8H,1-3H3,(H,17,18). The largest absolute Gasteiger partial charge is 0.340 e. The Morgan fingerprint density at radius 1 is 1.21 bits per heavy atom. The van der Waals surface area contributed by atoms with E-state index in [1.54, 1.807) is 31.2 Å². The molecule has 2 aromatic rings. The van der Waals surface area contributed by atoms with Crippen molar-refractivity contribution in [2.75, 3.05) is 5.32 Å². The maximum atomic E-state index is 13.2. The Kier molecular flexibility index (Phi) is 3.60. The van der Waals surface area contributed by atoms with E-state index in [0.717, 1.165) is 5.69 Å². The molecule has 0 saturated heterocycles. The van der Waals surface area contributed by atoms with Crippen LogP contribution in [0.5, 0.6) is 0 Å². The Hall–Kier alpha value is -2.23. The van der Waals surface area contributed by atoms with Crippen LogP contribution in [-0.4, -0.2) is 10.8 Å². The fourth-order valence-corrected chi connectivity index (χ4v) is 1.80. The van der Waals surface area contributed by atoms with E-state index in [2.05, 4.69) is 10.3 Å². The van der Waals surface area contributed by atoms with Crippen LogP contribution in [0, 0.1) is 19.7 Å². The van der Waals surface area contributed by atoms with Crippen LogP contribution >= 0.6 is 0 Å². The highest BCUT2D eigenvalue weighted by Gasteiger charge is 2.09. The molecule has 0 saturated carbocycles. The lowest BCUT2D eigenvalue weighted by Gasteiger charge is -2.11. The second-order valence-electron chi connectivity index (χ2n) is 4.49. The third-order valence-electron chi connectivity index (χ3n) is 2.83. The van der Waals surface area contributed by atoms with Gasteiger partial charge in [0, 0.05) is 11.4 Å². The molecular weight excluding hydrogens is 243 g/mol. The molecule has 98 valence electrons.